The van der Waals surface area contributed by atoms with Crippen LogP contribution >= 0.6 is 0 Å². The van der Waals surface area contributed by atoms with E-state index in [0.29, 0.717) is 49.7 Å². The number of aromatic nitrogens is 4. The molecule has 0 atom stereocenters. The maximum absolute atomic E-state index is 12.8. The molecule has 0 radical (unpaired) electrons. The van der Waals surface area contributed by atoms with E-state index in [-0.39, 0.29) is 5.56 Å². The van der Waals surface area contributed by atoms with Crippen molar-refractivity contribution in [2.24, 2.45) is 0 Å². The van der Waals surface area contributed by atoms with Gasteiger partial charge in [-0.05, 0) is 19.9 Å². The van der Waals surface area contributed by atoms with Crippen molar-refractivity contribution in [1.29, 1.82) is 0 Å². The van der Waals surface area contributed by atoms with Crippen molar-refractivity contribution in [2.75, 3.05) is 19.8 Å². The Morgan fingerprint density at radius 1 is 1.13 bits per heavy atom. The highest BCUT2D eigenvalue weighted by Gasteiger charge is 2.23. The molecule has 0 saturated carbocycles. The second-order valence-corrected chi connectivity index (χ2v) is 7.04. The van der Waals surface area contributed by atoms with Crippen LogP contribution in [0, 0.1) is 0 Å². The molecule has 30 heavy (non-hydrogen) atoms. The predicted molar refractivity (Wildman–Crippen MR) is 112 cm³/mol. The monoisotopic (exact) mass is 407 g/mol. The summed E-state index contributed by atoms with van der Waals surface area (Å²) in [5.41, 5.74) is 3.18. The van der Waals surface area contributed by atoms with Gasteiger partial charge in [0.15, 0.2) is 11.5 Å². The van der Waals surface area contributed by atoms with Gasteiger partial charge in [-0.2, -0.15) is 0 Å². The number of aromatic amines is 1. The summed E-state index contributed by atoms with van der Waals surface area (Å²) >= 11 is 0. The minimum absolute atomic E-state index is 0.114. The van der Waals surface area contributed by atoms with Crippen LogP contribution in [0.2, 0.25) is 0 Å². The number of H-pyrrole nitrogens is 1. The standard InChI is InChI=1S/C22H25N5O3/c1-3-29-19-7-5-6-15(20(19)30-4-2)12-27-9-8-18-17(13-27)22(28)26-21(25-18)16-10-23-14-24-11-16/h5-7,10-11,14H,3-4,8-9,12-13H2,1-2H3,(H,25,26,28). The van der Waals surface area contributed by atoms with E-state index >= 15 is 0 Å². The molecule has 1 N–H and O–H groups in total. The molecule has 1 aliphatic heterocycles. The molecule has 156 valence electrons. The topological polar surface area (TPSA) is 93.2 Å². The van der Waals surface area contributed by atoms with Crippen LogP contribution in [0.15, 0.2) is 41.7 Å². The Labute approximate surface area is 174 Å². The number of nitrogens with zero attached hydrogens (tertiary/aromatic N) is 4. The van der Waals surface area contributed by atoms with Crippen molar-refractivity contribution < 1.29 is 9.47 Å². The average Bonchev–Trinajstić information content (AvgIpc) is 2.77. The number of hydrogen-bond donors (Lipinski definition) is 1. The fourth-order valence-electron chi connectivity index (χ4n) is 3.68. The SMILES string of the molecule is CCOc1cccc(CN2CCc3nc(-c4cncnc4)[nH]c(=O)c3C2)c1OCC. The van der Waals surface area contributed by atoms with Crippen LogP contribution in [0.4, 0.5) is 0 Å². The summed E-state index contributed by atoms with van der Waals surface area (Å²) in [7, 11) is 0. The summed E-state index contributed by atoms with van der Waals surface area (Å²) in [5.74, 6) is 2.04. The third kappa shape index (κ3) is 4.18. The van der Waals surface area contributed by atoms with Crippen LogP contribution in [0.25, 0.3) is 11.4 Å². The van der Waals surface area contributed by atoms with Crippen LogP contribution in [0.1, 0.15) is 30.7 Å². The van der Waals surface area contributed by atoms with Crippen LogP contribution in [-0.2, 0) is 19.5 Å². The van der Waals surface area contributed by atoms with Crippen molar-refractivity contribution in [3.8, 4) is 22.9 Å². The number of hydrogen-bond acceptors (Lipinski definition) is 7. The van der Waals surface area contributed by atoms with Crippen molar-refractivity contribution in [1.82, 2.24) is 24.8 Å². The molecule has 3 heterocycles. The minimum atomic E-state index is -0.114. The van der Waals surface area contributed by atoms with Crippen molar-refractivity contribution in [3.63, 3.8) is 0 Å². The summed E-state index contributed by atoms with van der Waals surface area (Å²) in [5, 5.41) is 0. The lowest BCUT2D eigenvalue weighted by Crippen LogP contribution is -2.35. The molecule has 0 fully saturated rings. The van der Waals surface area contributed by atoms with Gasteiger partial charge < -0.3 is 14.5 Å². The molecule has 0 aliphatic carbocycles. The molecule has 1 aromatic carbocycles. The highest BCUT2D eigenvalue weighted by molar-refractivity contribution is 5.52. The highest BCUT2D eigenvalue weighted by atomic mass is 16.5. The van der Waals surface area contributed by atoms with Gasteiger partial charge in [-0.3, -0.25) is 9.69 Å². The lowest BCUT2D eigenvalue weighted by Gasteiger charge is -2.28. The van der Waals surface area contributed by atoms with Crippen LogP contribution in [0.3, 0.4) is 0 Å². The van der Waals surface area contributed by atoms with E-state index in [4.69, 9.17) is 9.47 Å². The Morgan fingerprint density at radius 3 is 2.70 bits per heavy atom. The van der Waals surface area contributed by atoms with E-state index in [1.54, 1.807) is 12.4 Å². The molecule has 0 spiro atoms. The average molecular weight is 407 g/mol. The van der Waals surface area contributed by atoms with Crippen molar-refractivity contribution in [2.45, 2.75) is 33.4 Å². The van der Waals surface area contributed by atoms with Crippen LogP contribution in [0.5, 0.6) is 11.5 Å². The summed E-state index contributed by atoms with van der Waals surface area (Å²) in [6, 6.07) is 5.94. The molecule has 0 bridgehead atoms. The molecular formula is C22H25N5O3. The van der Waals surface area contributed by atoms with E-state index in [1.165, 1.54) is 6.33 Å². The van der Waals surface area contributed by atoms with Gasteiger partial charge in [0.1, 0.15) is 12.2 Å². The van der Waals surface area contributed by atoms with Gasteiger partial charge in [-0.25, -0.2) is 15.0 Å². The molecule has 3 aromatic rings. The van der Waals surface area contributed by atoms with E-state index in [1.807, 2.05) is 32.0 Å². The van der Waals surface area contributed by atoms with E-state index in [2.05, 4.69) is 24.8 Å². The molecule has 8 nitrogen and oxygen atoms in total. The summed E-state index contributed by atoms with van der Waals surface area (Å²) < 4.78 is 11.6. The molecule has 0 unspecified atom stereocenters. The lowest BCUT2D eigenvalue weighted by molar-refractivity contribution is 0.232. The van der Waals surface area contributed by atoms with Crippen molar-refractivity contribution >= 4 is 0 Å². The molecule has 4 rings (SSSR count). The number of benzene rings is 1. The number of ether oxygens (including phenoxy) is 2. The lowest BCUT2D eigenvalue weighted by atomic mass is 10.1. The largest absolute Gasteiger partial charge is 0.490 e. The number of rotatable bonds is 7. The quantitative estimate of drug-likeness (QED) is 0.643. The molecule has 1 aliphatic rings. The predicted octanol–water partition coefficient (Wildman–Crippen LogP) is 2.58. The van der Waals surface area contributed by atoms with E-state index in [0.717, 1.165) is 29.3 Å². The normalized spacial score (nSPS) is 13.7. The van der Waals surface area contributed by atoms with E-state index < -0.39 is 0 Å². The Bertz CT molecular complexity index is 1070. The fourth-order valence-corrected chi connectivity index (χ4v) is 3.68. The summed E-state index contributed by atoms with van der Waals surface area (Å²) in [6.45, 7) is 7.07. The summed E-state index contributed by atoms with van der Waals surface area (Å²) in [4.78, 5) is 30.5. The Balaban J connectivity index is 1.57. The Hall–Kier alpha value is -3.26. The first-order valence-electron chi connectivity index (χ1n) is 10.2. The first kappa shape index (κ1) is 20.0. The number of para-hydroxylation sites is 1. The number of fused-ring (bicyclic) bond motifs is 1. The minimum Gasteiger partial charge on any atom is -0.490 e. The van der Waals surface area contributed by atoms with Crippen LogP contribution in [-0.4, -0.2) is 44.6 Å². The maximum atomic E-state index is 12.8. The third-order valence-electron chi connectivity index (χ3n) is 5.02. The second kappa shape index (κ2) is 9.04. The van der Waals surface area contributed by atoms with Gasteiger partial charge in [0.05, 0.1) is 30.0 Å². The molecular weight excluding hydrogens is 382 g/mol. The summed E-state index contributed by atoms with van der Waals surface area (Å²) in [6.07, 6.45) is 5.45. The zero-order chi connectivity index (χ0) is 20.9. The van der Waals surface area contributed by atoms with Gasteiger partial charge in [-0.15, -0.1) is 0 Å². The molecule has 2 aromatic heterocycles. The zero-order valence-electron chi connectivity index (χ0n) is 17.2. The van der Waals surface area contributed by atoms with Crippen LogP contribution < -0.4 is 15.0 Å². The molecule has 0 saturated heterocycles. The third-order valence-corrected chi connectivity index (χ3v) is 5.02. The first-order chi connectivity index (χ1) is 14.7. The van der Waals surface area contributed by atoms with Gasteiger partial charge in [0.25, 0.3) is 5.56 Å². The molecule has 8 heteroatoms. The van der Waals surface area contributed by atoms with E-state index in [9.17, 15) is 4.79 Å². The molecule has 0 amide bonds. The van der Waals surface area contributed by atoms with Crippen molar-refractivity contribution in [3.05, 3.63) is 64.1 Å². The smallest absolute Gasteiger partial charge is 0.255 e. The number of nitrogens with one attached hydrogen (secondary N) is 1. The fraction of sp³-hybridized carbons (Fsp3) is 0.364. The van der Waals surface area contributed by atoms with Gasteiger partial charge in [0, 0.05) is 44.0 Å². The highest BCUT2D eigenvalue weighted by Crippen LogP contribution is 2.33. The zero-order valence-corrected chi connectivity index (χ0v) is 17.2. The van der Waals surface area contributed by atoms with Gasteiger partial charge in [-0.1, -0.05) is 12.1 Å². The first-order valence-corrected chi connectivity index (χ1v) is 10.2. The second-order valence-electron chi connectivity index (χ2n) is 7.04. The maximum Gasteiger partial charge on any atom is 0.255 e. The van der Waals surface area contributed by atoms with Gasteiger partial charge >= 0.3 is 0 Å². The van der Waals surface area contributed by atoms with Gasteiger partial charge in [0.2, 0.25) is 0 Å². The Kier molecular flexibility index (Phi) is 6.04. The Morgan fingerprint density at radius 2 is 1.93 bits per heavy atom.